The van der Waals surface area contributed by atoms with Crippen LogP contribution in [-0.4, -0.2) is 35.6 Å². The van der Waals surface area contributed by atoms with E-state index in [0.29, 0.717) is 41.9 Å². The molecule has 5 nitrogen and oxygen atoms in total. The zero-order valence-electron chi connectivity index (χ0n) is 21.8. The molecule has 0 unspecified atom stereocenters. The zero-order valence-corrected chi connectivity index (χ0v) is 26.5. The van der Waals surface area contributed by atoms with Crippen molar-refractivity contribution in [3.8, 4) is 5.75 Å². The number of nitrogens with zero attached hydrogens (tertiary/aromatic N) is 3. The Morgan fingerprint density at radius 2 is 1.75 bits per heavy atom. The normalized spacial score (nSPS) is 17.8. The van der Waals surface area contributed by atoms with Gasteiger partial charge < -0.3 is 9.64 Å². The molecule has 3 aromatic carbocycles. The summed E-state index contributed by atoms with van der Waals surface area (Å²) in [5.41, 5.74) is 3.61. The van der Waals surface area contributed by atoms with Crippen LogP contribution in [0.15, 0.2) is 69.0 Å². The molecule has 208 valence electrons. The number of piperidine rings is 1. The van der Waals surface area contributed by atoms with Gasteiger partial charge in [0.2, 0.25) is 0 Å². The van der Waals surface area contributed by atoms with Crippen LogP contribution >= 0.6 is 62.5 Å². The number of aliphatic imine (C=N–C) groups is 1. The van der Waals surface area contributed by atoms with Gasteiger partial charge in [-0.3, -0.25) is 9.69 Å². The number of hydrogen-bond acceptors (Lipinski definition) is 5. The Labute approximate surface area is 262 Å². The minimum atomic E-state index is -0.0823. The van der Waals surface area contributed by atoms with Crippen molar-refractivity contribution >= 4 is 91.0 Å². The van der Waals surface area contributed by atoms with Gasteiger partial charge in [0.25, 0.3) is 5.91 Å². The largest absolute Gasteiger partial charge is 0.486 e. The SMILES string of the molecule is CCN1C(=O)/C(=C/c2cc(Cl)c(OCc3ccc(Cl)cc3Cl)c(Br)c2)SC1=Nc1ccc(N2CCCCC2)cc1. The Balaban J connectivity index is 1.32. The van der Waals surface area contributed by atoms with Crippen LogP contribution in [0.4, 0.5) is 11.4 Å². The Kier molecular flexibility index (Phi) is 9.69. The Morgan fingerprint density at radius 3 is 2.42 bits per heavy atom. The zero-order chi connectivity index (χ0) is 28.2. The summed E-state index contributed by atoms with van der Waals surface area (Å²) >= 11 is 23.8. The molecule has 2 aliphatic heterocycles. The molecule has 0 radical (unpaired) electrons. The van der Waals surface area contributed by atoms with Crippen molar-refractivity contribution in [3.05, 3.63) is 90.2 Å². The van der Waals surface area contributed by atoms with Crippen LogP contribution in [0.2, 0.25) is 15.1 Å². The molecular weight excluding hydrogens is 653 g/mol. The molecule has 0 aromatic heterocycles. The lowest BCUT2D eigenvalue weighted by atomic mass is 10.1. The number of likely N-dealkylation sites (N-methyl/N-ethyl adjacent to an activating group) is 1. The first-order chi connectivity index (χ1) is 19.3. The number of hydrogen-bond donors (Lipinski definition) is 0. The summed E-state index contributed by atoms with van der Waals surface area (Å²) in [6.07, 6.45) is 5.60. The molecule has 5 rings (SSSR count). The molecule has 3 aromatic rings. The van der Waals surface area contributed by atoms with Crippen molar-refractivity contribution in [2.24, 2.45) is 4.99 Å². The number of carbonyl (C=O) groups excluding carboxylic acids is 1. The Bertz CT molecular complexity index is 1450. The topological polar surface area (TPSA) is 45.1 Å². The molecule has 2 fully saturated rings. The molecule has 1 amide bonds. The number of anilines is 1. The van der Waals surface area contributed by atoms with Gasteiger partial charge in [0.1, 0.15) is 6.61 Å². The van der Waals surface area contributed by atoms with E-state index in [1.165, 1.54) is 36.7 Å². The van der Waals surface area contributed by atoms with Crippen LogP contribution in [0, 0.1) is 0 Å². The van der Waals surface area contributed by atoms with E-state index in [0.717, 1.165) is 29.9 Å². The maximum atomic E-state index is 13.2. The molecule has 0 atom stereocenters. The van der Waals surface area contributed by atoms with Gasteiger partial charge in [0.15, 0.2) is 10.9 Å². The van der Waals surface area contributed by atoms with Gasteiger partial charge >= 0.3 is 0 Å². The molecule has 2 saturated heterocycles. The third-order valence-corrected chi connectivity index (χ3v) is 9.17. The highest BCUT2D eigenvalue weighted by atomic mass is 79.9. The van der Waals surface area contributed by atoms with Crippen molar-refractivity contribution in [2.45, 2.75) is 32.8 Å². The smallest absolute Gasteiger partial charge is 0.266 e. The third kappa shape index (κ3) is 6.82. The third-order valence-electron chi connectivity index (χ3n) is 6.71. The highest BCUT2D eigenvalue weighted by molar-refractivity contribution is 9.10. The molecule has 2 heterocycles. The van der Waals surface area contributed by atoms with Gasteiger partial charge in [-0.05, 0) is 114 Å². The predicted molar refractivity (Wildman–Crippen MR) is 173 cm³/mol. The second-order valence-corrected chi connectivity index (χ2v) is 12.6. The van der Waals surface area contributed by atoms with E-state index in [1.807, 2.05) is 37.3 Å². The van der Waals surface area contributed by atoms with E-state index in [2.05, 4.69) is 33.0 Å². The van der Waals surface area contributed by atoms with Gasteiger partial charge in [-0.25, -0.2) is 4.99 Å². The lowest BCUT2D eigenvalue weighted by Crippen LogP contribution is -2.29. The average Bonchev–Trinajstić information content (AvgIpc) is 3.23. The summed E-state index contributed by atoms with van der Waals surface area (Å²) in [5.74, 6) is 0.409. The van der Waals surface area contributed by atoms with Crippen LogP contribution in [0.3, 0.4) is 0 Å². The van der Waals surface area contributed by atoms with E-state index < -0.39 is 0 Å². The van der Waals surface area contributed by atoms with Crippen molar-refractivity contribution in [1.29, 1.82) is 0 Å². The lowest BCUT2D eigenvalue weighted by Gasteiger charge is -2.28. The van der Waals surface area contributed by atoms with Crippen molar-refractivity contribution in [1.82, 2.24) is 4.90 Å². The van der Waals surface area contributed by atoms with Crippen molar-refractivity contribution < 1.29 is 9.53 Å². The number of carbonyl (C=O) groups is 1. The minimum absolute atomic E-state index is 0.0823. The summed E-state index contributed by atoms with van der Waals surface area (Å²) < 4.78 is 6.62. The summed E-state index contributed by atoms with van der Waals surface area (Å²) in [6.45, 7) is 4.90. The van der Waals surface area contributed by atoms with Crippen molar-refractivity contribution in [2.75, 3.05) is 24.5 Å². The molecule has 0 N–H and O–H groups in total. The number of amides is 1. The number of rotatable bonds is 7. The van der Waals surface area contributed by atoms with E-state index in [-0.39, 0.29) is 12.5 Å². The first-order valence-electron chi connectivity index (χ1n) is 13.0. The van der Waals surface area contributed by atoms with Crippen molar-refractivity contribution in [3.63, 3.8) is 0 Å². The Hall–Kier alpha value is -2.16. The van der Waals surface area contributed by atoms with Gasteiger partial charge in [-0.2, -0.15) is 0 Å². The molecular formula is C30H27BrCl3N3O2S. The first-order valence-corrected chi connectivity index (χ1v) is 15.8. The summed E-state index contributed by atoms with van der Waals surface area (Å²) in [5, 5.41) is 2.16. The number of benzene rings is 3. The molecule has 0 spiro atoms. The van der Waals surface area contributed by atoms with Crippen LogP contribution in [0.5, 0.6) is 5.75 Å². The van der Waals surface area contributed by atoms with E-state index >= 15 is 0 Å². The van der Waals surface area contributed by atoms with Crippen LogP contribution in [0.1, 0.15) is 37.3 Å². The standard InChI is InChI=1S/C30H27BrCl3N3O2S/c1-2-37-29(38)27(40-30(37)35-22-8-10-23(11-9-22)36-12-4-3-5-13-36)16-19-14-24(31)28(26(34)15-19)39-18-20-6-7-21(32)17-25(20)33/h6-11,14-17H,2-5,12-13,18H2,1H3/b27-16-,35-30?. The molecule has 0 saturated carbocycles. The van der Waals surface area contributed by atoms with Crippen LogP contribution in [-0.2, 0) is 11.4 Å². The van der Waals surface area contributed by atoms with E-state index in [1.54, 1.807) is 23.1 Å². The number of amidine groups is 1. The van der Waals surface area contributed by atoms with Crippen LogP contribution in [0.25, 0.3) is 6.08 Å². The van der Waals surface area contributed by atoms with E-state index in [4.69, 9.17) is 44.5 Å². The van der Waals surface area contributed by atoms with Gasteiger partial charge in [0, 0.05) is 40.9 Å². The maximum absolute atomic E-state index is 13.2. The van der Waals surface area contributed by atoms with E-state index in [9.17, 15) is 4.79 Å². The molecule has 0 aliphatic carbocycles. The molecule has 10 heteroatoms. The fourth-order valence-corrected chi connectivity index (χ4v) is 7.13. The molecule has 0 bridgehead atoms. The fourth-order valence-electron chi connectivity index (χ4n) is 4.61. The summed E-state index contributed by atoms with van der Waals surface area (Å²) in [4.78, 5) is 22.7. The number of ether oxygens (including phenoxy) is 1. The highest BCUT2D eigenvalue weighted by Crippen LogP contribution is 2.39. The minimum Gasteiger partial charge on any atom is -0.486 e. The van der Waals surface area contributed by atoms with Gasteiger partial charge in [-0.15, -0.1) is 0 Å². The highest BCUT2D eigenvalue weighted by Gasteiger charge is 2.32. The van der Waals surface area contributed by atoms with Crippen LogP contribution < -0.4 is 9.64 Å². The second-order valence-electron chi connectivity index (χ2n) is 9.46. The molecule has 40 heavy (non-hydrogen) atoms. The Morgan fingerprint density at radius 1 is 1.00 bits per heavy atom. The molecule has 2 aliphatic rings. The predicted octanol–water partition coefficient (Wildman–Crippen LogP) is 9.60. The van der Waals surface area contributed by atoms with Gasteiger partial charge in [-0.1, -0.05) is 40.9 Å². The number of halogens is 4. The quantitative estimate of drug-likeness (QED) is 0.234. The monoisotopic (exact) mass is 677 g/mol. The fraction of sp³-hybridized carbons (Fsp3) is 0.267. The lowest BCUT2D eigenvalue weighted by molar-refractivity contribution is -0.122. The second kappa shape index (κ2) is 13.2. The summed E-state index contributed by atoms with van der Waals surface area (Å²) in [6, 6.07) is 17.2. The van der Waals surface area contributed by atoms with Gasteiger partial charge in [0.05, 0.1) is 20.1 Å². The average molecular weight is 680 g/mol. The summed E-state index contributed by atoms with van der Waals surface area (Å²) in [7, 11) is 0. The maximum Gasteiger partial charge on any atom is 0.266 e. The number of thioether (sulfide) groups is 1. The first kappa shape index (κ1) is 29.3.